The maximum atomic E-state index is 11.8. The summed E-state index contributed by atoms with van der Waals surface area (Å²) >= 11 is 6.78. The van der Waals surface area contributed by atoms with Crippen molar-refractivity contribution in [3.8, 4) is 6.07 Å². The van der Waals surface area contributed by atoms with Gasteiger partial charge in [0.15, 0.2) is 0 Å². The first-order valence-corrected chi connectivity index (χ1v) is 14.3. The van der Waals surface area contributed by atoms with E-state index >= 15 is 0 Å². The number of aromatic amines is 2. The lowest BCUT2D eigenvalue weighted by molar-refractivity contribution is 0.804. The van der Waals surface area contributed by atoms with Crippen LogP contribution in [0.25, 0.3) is 11.0 Å². The second kappa shape index (κ2) is 13.2. The second-order valence-electron chi connectivity index (χ2n) is 10.2. The number of benzene rings is 3. The van der Waals surface area contributed by atoms with Crippen molar-refractivity contribution in [3.63, 3.8) is 0 Å². The van der Waals surface area contributed by atoms with Gasteiger partial charge in [-0.3, -0.25) is 9.98 Å². The molecule has 5 rings (SSSR count). The predicted octanol–water partition coefficient (Wildman–Crippen LogP) is 6.65. The molecule has 1 atom stereocenters. The number of nitriles is 1. The third-order valence-corrected chi connectivity index (χ3v) is 7.83. The van der Waals surface area contributed by atoms with Gasteiger partial charge in [0.1, 0.15) is 0 Å². The zero-order chi connectivity index (χ0) is 30.3. The van der Waals surface area contributed by atoms with Gasteiger partial charge in [-0.25, -0.2) is 4.79 Å². The van der Waals surface area contributed by atoms with E-state index in [4.69, 9.17) is 22.3 Å². The van der Waals surface area contributed by atoms with Crippen LogP contribution in [-0.4, -0.2) is 35.5 Å². The molecule has 0 spiro atoms. The molecule has 0 fully saturated rings. The fourth-order valence-corrected chi connectivity index (χ4v) is 5.76. The van der Waals surface area contributed by atoms with E-state index in [0.29, 0.717) is 39.6 Å². The van der Waals surface area contributed by atoms with E-state index in [1.165, 1.54) is 6.20 Å². The minimum Gasteiger partial charge on any atom is -0.405 e. The first-order valence-electron chi connectivity index (χ1n) is 14.0. The molecule has 216 valence electrons. The van der Waals surface area contributed by atoms with E-state index in [1.807, 2.05) is 48.5 Å². The van der Waals surface area contributed by atoms with Crippen LogP contribution >= 0.6 is 11.6 Å². The number of H-pyrrole nitrogens is 2. The zero-order valence-corrected chi connectivity index (χ0v) is 24.4. The largest absolute Gasteiger partial charge is 0.405 e. The molecule has 43 heavy (non-hydrogen) atoms. The highest BCUT2D eigenvalue weighted by molar-refractivity contribution is 6.34. The van der Waals surface area contributed by atoms with Crippen molar-refractivity contribution < 1.29 is 0 Å². The molecule has 0 aliphatic carbocycles. The fourth-order valence-electron chi connectivity index (χ4n) is 5.47. The van der Waals surface area contributed by atoms with Gasteiger partial charge >= 0.3 is 5.69 Å². The number of fused-ring (bicyclic) bond motifs is 1. The molecule has 9 heteroatoms. The topological polar surface area (TPSA) is 126 Å². The van der Waals surface area contributed by atoms with Crippen molar-refractivity contribution in [2.45, 2.75) is 25.3 Å². The van der Waals surface area contributed by atoms with Crippen molar-refractivity contribution in [1.82, 2.24) is 9.97 Å². The maximum absolute atomic E-state index is 11.8. The van der Waals surface area contributed by atoms with Crippen LogP contribution in [0.15, 0.2) is 100 Å². The number of allylic oxidation sites excluding steroid dienone is 2. The lowest BCUT2D eigenvalue weighted by Gasteiger charge is -2.25. The minimum atomic E-state index is -0.300. The van der Waals surface area contributed by atoms with Gasteiger partial charge in [0.2, 0.25) is 0 Å². The number of aliphatic imine (C=N–C) groups is 2. The molecule has 0 saturated carbocycles. The summed E-state index contributed by atoms with van der Waals surface area (Å²) < 4.78 is 0. The Bertz CT molecular complexity index is 1860. The van der Waals surface area contributed by atoms with Crippen LogP contribution in [0.3, 0.4) is 0 Å². The summed E-state index contributed by atoms with van der Waals surface area (Å²) in [6.07, 6.45) is 11.3. The normalized spacial score (nSPS) is 14.5. The van der Waals surface area contributed by atoms with E-state index in [0.717, 1.165) is 53.9 Å². The molecule has 2 heterocycles. The molecule has 1 aromatic heterocycles. The predicted molar refractivity (Wildman–Crippen MR) is 177 cm³/mol. The summed E-state index contributed by atoms with van der Waals surface area (Å²) in [6.45, 7) is 9.97. The molecule has 0 radical (unpaired) electrons. The van der Waals surface area contributed by atoms with E-state index < -0.39 is 0 Å². The van der Waals surface area contributed by atoms with Gasteiger partial charge in [-0.15, -0.1) is 6.58 Å². The van der Waals surface area contributed by atoms with Crippen LogP contribution in [0.1, 0.15) is 46.6 Å². The number of imidazole rings is 1. The molecule has 0 amide bonds. The zero-order valence-electron chi connectivity index (χ0n) is 23.7. The summed E-state index contributed by atoms with van der Waals surface area (Å²) in [5, 5.41) is 9.98. The number of nitrogens with one attached hydrogen (secondary N) is 2. The van der Waals surface area contributed by atoms with E-state index in [2.05, 4.69) is 51.4 Å². The first-order chi connectivity index (χ1) is 20.9. The molecule has 0 saturated heterocycles. The van der Waals surface area contributed by atoms with Crippen LogP contribution in [-0.2, 0) is 6.54 Å². The molecule has 0 bridgehead atoms. The highest BCUT2D eigenvalue weighted by atomic mass is 35.5. The van der Waals surface area contributed by atoms with Crippen molar-refractivity contribution in [3.05, 3.63) is 129 Å². The number of nitrogens with zero attached hydrogens (tertiary/aromatic N) is 4. The number of anilines is 1. The smallest absolute Gasteiger partial charge is 0.323 e. The summed E-state index contributed by atoms with van der Waals surface area (Å²) in [7, 11) is 0. The number of hydrogen-bond acceptors (Lipinski definition) is 6. The average molecular weight is 590 g/mol. The fraction of sp³-hybridized carbons (Fsp3) is 0.176. The Morgan fingerprint density at radius 1 is 1.12 bits per heavy atom. The van der Waals surface area contributed by atoms with Gasteiger partial charge in [0, 0.05) is 30.3 Å². The highest BCUT2D eigenvalue weighted by Crippen LogP contribution is 2.39. The molecule has 1 unspecified atom stereocenters. The Morgan fingerprint density at radius 3 is 2.58 bits per heavy atom. The van der Waals surface area contributed by atoms with Crippen LogP contribution < -0.4 is 16.3 Å². The minimum absolute atomic E-state index is 0.270. The molecule has 1 aliphatic rings. The molecule has 4 aromatic rings. The Morgan fingerprint density at radius 2 is 1.88 bits per heavy atom. The lowest BCUT2D eigenvalue weighted by Crippen LogP contribution is -2.25. The first kappa shape index (κ1) is 29.4. The molecular formula is C34H32ClN7O. The number of halogens is 1. The maximum Gasteiger partial charge on any atom is 0.323 e. The van der Waals surface area contributed by atoms with Gasteiger partial charge in [0.25, 0.3) is 0 Å². The van der Waals surface area contributed by atoms with Crippen molar-refractivity contribution in [1.29, 1.82) is 5.26 Å². The van der Waals surface area contributed by atoms with Crippen molar-refractivity contribution >= 4 is 46.4 Å². The summed E-state index contributed by atoms with van der Waals surface area (Å²) in [4.78, 5) is 29.0. The number of aromatic nitrogens is 2. The lowest BCUT2D eigenvalue weighted by atomic mass is 9.88. The summed E-state index contributed by atoms with van der Waals surface area (Å²) in [5.41, 5.74) is 13.3. The summed E-state index contributed by atoms with van der Waals surface area (Å²) in [6, 6.07) is 17.5. The number of rotatable bonds is 9. The Kier molecular flexibility index (Phi) is 9.04. The standard InChI is InChI=1S/C34H32ClN7O/c1-3-26(23-10-11-30-31(19-23)41-34(43)40-30)27-17-25(18-28(35)33(27)38-2)29(12-13-36)39-21-24-9-8-22(20-37)16-32(24)42-14-6-4-5-7-15-42/h3-5,8-13,16-19,26H,1-2,6-7,14-15,21,36H2,(H2,40,41,43). The van der Waals surface area contributed by atoms with Crippen molar-refractivity contribution in [2.24, 2.45) is 15.7 Å². The van der Waals surface area contributed by atoms with Crippen molar-refractivity contribution in [2.75, 3.05) is 18.0 Å². The third-order valence-electron chi connectivity index (χ3n) is 7.54. The van der Waals surface area contributed by atoms with Crippen LogP contribution in [0.4, 0.5) is 11.4 Å². The molecule has 4 N–H and O–H groups in total. The van der Waals surface area contributed by atoms with Crippen LogP contribution in [0.5, 0.6) is 0 Å². The molecule has 1 aliphatic heterocycles. The van der Waals surface area contributed by atoms with E-state index in [9.17, 15) is 10.1 Å². The van der Waals surface area contributed by atoms with Crippen LogP contribution in [0.2, 0.25) is 5.02 Å². The second-order valence-corrected chi connectivity index (χ2v) is 10.6. The third kappa shape index (κ3) is 6.37. The summed E-state index contributed by atoms with van der Waals surface area (Å²) in [5.74, 6) is -0.300. The molecule has 8 nitrogen and oxygen atoms in total. The van der Waals surface area contributed by atoms with E-state index in [1.54, 1.807) is 12.1 Å². The quantitative estimate of drug-likeness (QED) is 0.149. The van der Waals surface area contributed by atoms with Gasteiger partial charge in [0.05, 0.1) is 45.6 Å². The van der Waals surface area contributed by atoms with Gasteiger partial charge in [-0.2, -0.15) is 5.26 Å². The Hall–Kier alpha value is -5.13. The van der Waals surface area contributed by atoms with Gasteiger partial charge in [-0.05, 0) is 84.9 Å². The monoisotopic (exact) mass is 589 g/mol. The van der Waals surface area contributed by atoms with E-state index in [-0.39, 0.29) is 11.6 Å². The number of nitrogens with two attached hydrogens (primary N) is 1. The Balaban J connectivity index is 1.56. The van der Waals surface area contributed by atoms with Crippen LogP contribution in [0, 0.1) is 11.3 Å². The average Bonchev–Trinajstić information content (AvgIpc) is 3.19. The number of hydrogen-bond donors (Lipinski definition) is 3. The Labute approximate surface area is 255 Å². The highest BCUT2D eigenvalue weighted by Gasteiger charge is 2.20. The van der Waals surface area contributed by atoms with Gasteiger partial charge < -0.3 is 20.6 Å². The van der Waals surface area contributed by atoms with Gasteiger partial charge in [-0.1, -0.05) is 42.0 Å². The molecular weight excluding hydrogens is 558 g/mol. The molecule has 3 aromatic carbocycles. The SMILES string of the molecule is C=CC(c1ccc2[nH]c(=O)[nH]c2c1)c1cc(C(C=CN)=NCc2ccc(C#N)cc2N2CCC=CCC2)cc(Cl)c1N=C.